The molecule has 1 aromatic carbocycles. The molecule has 1 saturated heterocycles. The van der Waals surface area contributed by atoms with Gasteiger partial charge in [0.25, 0.3) is 0 Å². The molecule has 2 aliphatic rings. The molecular formula is C15H18N2O6S. The van der Waals surface area contributed by atoms with Crippen LogP contribution < -0.4 is 5.32 Å². The van der Waals surface area contributed by atoms with Crippen LogP contribution in [0.15, 0.2) is 35.3 Å². The van der Waals surface area contributed by atoms with Gasteiger partial charge in [0.05, 0.1) is 6.61 Å². The van der Waals surface area contributed by atoms with Crippen molar-refractivity contribution in [2.75, 3.05) is 6.61 Å². The van der Waals surface area contributed by atoms with Gasteiger partial charge in [-0.1, -0.05) is 42.1 Å². The molecule has 2 aliphatic heterocycles. The van der Waals surface area contributed by atoms with Gasteiger partial charge < -0.3 is 24.8 Å². The van der Waals surface area contributed by atoms with Crippen LogP contribution in [0.5, 0.6) is 0 Å². The summed E-state index contributed by atoms with van der Waals surface area (Å²) in [5.41, 5.74) is 0.278. The molecule has 9 heteroatoms. The first-order chi connectivity index (χ1) is 11.6. The number of nitrogens with one attached hydrogen (secondary N) is 1. The van der Waals surface area contributed by atoms with E-state index in [-0.39, 0.29) is 11.8 Å². The normalized spacial score (nSPS) is 32.0. The van der Waals surface area contributed by atoms with Crippen LogP contribution in [0.25, 0.3) is 0 Å². The summed E-state index contributed by atoms with van der Waals surface area (Å²) in [5.74, 6) is 0. The van der Waals surface area contributed by atoms with Crippen molar-refractivity contribution < 1.29 is 29.6 Å². The molecule has 0 spiro atoms. The minimum absolute atomic E-state index is 0.127. The third kappa shape index (κ3) is 3.70. The number of aliphatic imine (C=N–C) groups is 1. The highest BCUT2D eigenvalue weighted by molar-refractivity contribution is 8.14. The molecule has 3 rings (SSSR count). The summed E-state index contributed by atoms with van der Waals surface area (Å²) in [6, 6.07) is 8.53. The van der Waals surface area contributed by atoms with E-state index in [9.17, 15) is 15.0 Å². The summed E-state index contributed by atoms with van der Waals surface area (Å²) in [4.78, 5) is 16.0. The van der Waals surface area contributed by atoms with Crippen molar-refractivity contribution in [2.24, 2.45) is 4.99 Å². The molecule has 0 aliphatic carbocycles. The maximum absolute atomic E-state index is 11.8. The van der Waals surface area contributed by atoms with Crippen LogP contribution in [-0.4, -0.2) is 63.0 Å². The second kappa shape index (κ2) is 7.49. The zero-order valence-electron chi connectivity index (χ0n) is 12.6. The van der Waals surface area contributed by atoms with Gasteiger partial charge in [0.1, 0.15) is 36.4 Å². The van der Waals surface area contributed by atoms with E-state index in [0.717, 1.165) is 17.3 Å². The van der Waals surface area contributed by atoms with Gasteiger partial charge in [-0.2, -0.15) is 0 Å². The highest BCUT2D eigenvalue weighted by Gasteiger charge is 2.48. The molecule has 4 N–H and O–H groups in total. The van der Waals surface area contributed by atoms with E-state index in [1.54, 1.807) is 0 Å². The number of fused-ring (bicyclic) bond motifs is 1. The second-order valence-corrected chi connectivity index (χ2v) is 6.52. The first kappa shape index (κ1) is 17.2. The molecule has 130 valence electrons. The Morgan fingerprint density at radius 1 is 1.29 bits per heavy atom. The third-order valence-corrected chi connectivity index (χ3v) is 4.82. The second-order valence-electron chi connectivity index (χ2n) is 5.44. The zero-order valence-corrected chi connectivity index (χ0v) is 13.4. The molecule has 2 heterocycles. The fourth-order valence-electron chi connectivity index (χ4n) is 2.49. The number of carbonyl (C=O) groups excluding carboxylic acids is 1. The Bertz CT molecular complexity index is 613. The molecule has 1 amide bonds. The summed E-state index contributed by atoms with van der Waals surface area (Å²) < 4.78 is 10.6. The van der Waals surface area contributed by atoms with Crippen LogP contribution in [0.3, 0.4) is 0 Å². The quantitative estimate of drug-likeness (QED) is 0.594. The Kier molecular flexibility index (Phi) is 5.36. The lowest BCUT2D eigenvalue weighted by atomic mass is 9.99. The first-order valence-electron chi connectivity index (χ1n) is 7.43. The Hall–Kier alpha value is -1.65. The SMILES string of the molecule is O=C(NC1=N[C@@H]2[C@@H](O)[C@H](O)[C@@H](CO)O[C@@H]2S1)OCc1ccccc1. The van der Waals surface area contributed by atoms with Gasteiger partial charge in [-0.25, -0.2) is 4.79 Å². The largest absolute Gasteiger partial charge is 0.444 e. The van der Waals surface area contributed by atoms with E-state index in [0.29, 0.717) is 0 Å². The van der Waals surface area contributed by atoms with E-state index in [1.807, 2.05) is 30.3 Å². The van der Waals surface area contributed by atoms with Gasteiger partial charge in [-0.15, -0.1) is 0 Å². The topological polar surface area (TPSA) is 121 Å². The predicted molar refractivity (Wildman–Crippen MR) is 86.3 cm³/mol. The lowest BCUT2D eigenvalue weighted by Gasteiger charge is -2.37. The van der Waals surface area contributed by atoms with Gasteiger partial charge in [-0.05, 0) is 5.56 Å². The van der Waals surface area contributed by atoms with Crippen molar-refractivity contribution in [2.45, 2.75) is 36.4 Å². The van der Waals surface area contributed by atoms with E-state index in [2.05, 4.69) is 10.3 Å². The number of aliphatic hydroxyl groups excluding tert-OH is 3. The number of carbonyl (C=O) groups is 1. The van der Waals surface area contributed by atoms with Gasteiger partial charge in [0.2, 0.25) is 0 Å². The van der Waals surface area contributed by atoms with Crippen LogP contribution in [0.1, 0.15) is 5.56 Å². The summed E-state index contributed by atoms with van der Waals surface area (Å²) in [7, 11) is 0. The molecule has 8 nitrogen and oxygen atoms in total. The Morgan fingerprint density at radius 2 is 2.04 bits per heavy atom. The van der Waals surface area contributed by atoms with Crippen LogP contribution >= 0.6 is 11.8 Å². The molecule has 0 bridgehead atoms. The molecular weight excluding hydrogens is 336 g/mol. The average molecular weight is 354 g/mol. The Morgan fingerprint density at radius 3 is 2.75 bits per heavy atom. The predicted octanol–water partition coefficient (Wildman–Crippen LogP) is -0.177. The van der Waals surface area contributed by atoms with Crippen LogP contribution in [0.2, 0.25) is 0 Å². The van der Waals surface area contributed by atoms with E-state index >= 15 is 0 Å². The minimum Gasteiger partial charge on any atom is -0.444 e. The molecule has 24 heavy (non-hydrogen) atoms. The number of aliphatic hydroxyl groups is 3. The third-order valence-electron chi connectivity index (χ3n) is 3.76. The number of ether oxygens (including phenoxy) is 2. The van der Waals surface area contributed by atoms with Crippen LogP contribution in [0, 0.1) is 0 Å². The maximum atomic E-state index is 11.8. The smallest absolute Gasteiger partial charge is 0.413 e. The number of amides is 1. The molecule has 5 atom stereocenters. The Balaban J connectivity index is 1.54. The summed E-state index contributed by atoms with van der Waals surface area (Å²) in [6.45, 7) is -0.286. The molecule has 0 unspecified atom stereocenters. The van der Waals surface area contributed by atoms with Crippen molar-refractivity contribution in [1.29, 1.82) is 0 Å². The first-order valence-corrected chi connectivity index (χ1v) is 8.31. The zero-order chi connectivity index (χ0) is 17.1. The monoisotopic (exact) mass is 354 g/mol. The standard InChI is InChI=1S/C15H18N2O6S/c18-6-9-11(19)12(20)10-13(23-9)24-14(16-10)17-15(21)22-7-8-4-2-1-3-5-8/h1-5,9-13,18-20H,6-7H2,(H,16,17,21)/t9-,10-,11-,12-,13-/m1/s1. The van der Waals surface area contributed by atoms with Crippen molar-refractivity contribution in [1.82, 2.24) is 5.32 Å². The highest BCUT2D eigenvalue weighted by atomic mass is 32.2. The number of rotatable bonds is 3. The number of amidine groups is 1. The molecule has 1 aromatic rings. The fourth-order valence-corrected chi connectivity index (χ4v) is 3.59. The molecule has 0 saturated carbocycles. The summed E-state index contributed by atoms with van der Waals surface area (Å²) in [6.07, 6.45) is -3.95. The van der Waals surface area contributed by atoms with Crippen LogP contribution in [0.4, 0.5) is 4.79 Å². The van der Waals surface area contributed by atoms with Gasteiger partial charge >= 0.3 is 6.09 Å². The summed E-state index contributed by atoms with van der Waals surface area (Å²) >= 11 is 1.10. The van der Waals surface area contributed by atoms with Gasteiger partial charge in [0.15, 0.2) is 5.17 Å². The number of thioether (sulfide) groups is 1. The fraction of sp³-hybridized carbons (Fsp3) is 0.467. The lowest BCUT2D eigenvalue weighted by molar-refractivity contribution is -0.164. The average Bonchev–Trinajstić information content (AvgIpc) is 2.99. The number of hydrogen-bond donors (Lipinski definition) is 4. The van der Waals surface area contributed by atoms with Crippen molar-refractivity contribution >= 4 is 23.0 Å². The Labute approximate surface area is 142 Å². The molecule has 0 radical (unpaired) electrons. The molecule has 0 aromatic heterocycles. The lowest BCUT2D eigenvalue weighted by Crippen LogP contribution is -2.55. The minimum atomic E-state index is -1.23. The van der Waals surface area contributed by atoms with E-state index in [1.165, 1.54) is 0 Å². The van der Waals surface area contributed by atoms with E-state index in [4.69, 9.17) is 14.6 Å². The van der Waals surface area contributed by atoms with Gasteiger partial charge in [-0.3, -0.25) is 10.3 Å². The van der Waals surface area contributed by atoms with Crippen molar-refractivity contribution in [3.63, 3.8) is 0 Å². The summed E-state index contributed by atoms with van der Waals surface area (Å²) in [5, 5.41) is 31.8. The van der Waals surface area contributed by atoms with E-state index < -0.39 is 42.5 Å². The van der Waals surface area contributed by atoms with Crippen molar-refractivity contribution in [3.8, 4) is 0 Å². The van der Waals surface area contributed by atoms with Crippen LogP contribution in [-0.2, 0) is 16.1 Å². The molecule has 1 fully saturated rings. The van der Waals surface area contributed by atoms with Crippen molar-refractivity contribution in [3.05, 3.63) is 35.9 Å². The van der Waals surface area contributed by atoms with Gasteiger partial charge in [0, 0.05) is 0 Å². The number of benzene rings is 1. The maximum Gasteiger partial charge on any atom is 0.413 e. The number of hydrogen-bond acceptors (Lipinski definition) is 8. The highest BCUT2D eigenvalue weighted by Crippen LogP contribution is 2.35. The number of nitrogens with zero attached hydrogens (tertiary/aromatic N) is 1. The number of alkyl carbamates (subject to hydrolysis) is 1.